The lowest BCUT2D eigenvalue weighted by molar-refractivity contribution is -0.126. The minimum Gasteiger partial charge on any atom is -0.490 e. The number of Topliss-reactive ketones (excluding diaryl/α,β-unsaturated/α-hetero) is 2. The molecule has 2 heterocycles. The first kappa shape index (κ1) is 54.5. The molecule has 0 spiro atoms. The summed E-state index contributed by atoms with van der Waals surface area (Å²) in [5, 5.41) is 24.8. The zero-order valence-corrected chi connectivity index (χ0v) is 42.4. The fourth-order valence-electron chi connectivity index (χ4n) is 5.87. The van der Waals surface area contributed by atoms with E-state index in [1.54, 1.807) is 50.2 Å². The van der Waals surface area contributed by atoms with E-state index in [0.29, 0.717) is 45.4 Å². The van der Waals surface area contributed by atoms with Crippen LogP contribution in [-0.4, -0.2) is 84.8 Å². The molecule has 362 valence electrons. The highest BCUT2D eigenvalue weighted by molar-refractivity contribution is 14.1. The fraction of sp³-hybridized carbons (Fsp3) is 0.378. The van der Waals surface area contributed by atoms with E-state index < -0.39 is 11.9 Å². The molecule has 22 heteroatoms. The lowest BCUT2D eigenvalue weighted by Gasteiger charge is -2.33. The first-order valence-electron chi connectivity index (χ1n) is 21.0. The van der Waals surface area contributed by atoms with Gasteiger partial charge < -0.3 is 45.6 Å². The summed E-state index contributed by atoms with van der Waals surface area (Å²) in [5.74, 6) is 0.232. The molecule has 0 radical (unpaired) electrons. The van der Waals surface area contributed by atoms with Gasteiger partial charge in [-0.3, -0.25) is 9.59 Å². The number of halogens is 5. The number of aromatic carboxylic acids is 1. The molecular formula is C45H51Cl4IN6O11. The Labute approximate surface area is 423 Å². The number of ketones is 2. The number of carbonyl (C=O) groups is 4. The third-order valence-electron chi connectivity index (χ3n) is 9.50. The lowest BCUT2D eigenvalue weighted by Crippen LogP contribution is -2.37. The Balaban J connectivity index is 0.000000287. The van der Waals surface area contributed by atoms with Gasteiger partial charge in [0.25, 0.3) is 0 Å². The van der Waals surface area contributed by atoms with Crippen LogP contribution in [0.25, 0.3) is 0 Å². The number of nitrogens with zero attached hydrogens (tertiary/aromatic N) is 4. The average molecular weight is 1120 g/mol. The summed E-state index contributed by atoms with van der Waals surface area (Å²) in [6, 6.07) is 12.5. The van der Waals surface area contributed by atoms with Crippen LogP contribution in [0.15, 0.2) is 71.2 Å². The number of ether oxygens (including phenoxy) is 4. The maximum atomic E-state index is 12.2. The van der Waals surface area contributed by atoms with Crippen molar-refractivity contribution in [2.75, 3.05) is 4.91 Å². The van der Waals surface area contributed by atoms with Gasteiger partial charge in [0.05, 0.1) is 33.4 Å². The molecule has 2 fully saturated rings. The van der Waals surface area contributed by atoms with Gasteiger partial charge in [0.1, 0.15) is 45.3 Å². The number of hydrogen-bond donors (Lipinski definition) is 4. The topological polar surface area (TPSA) is 257 Å². The maximum Gasteiger partial charge on any atom is 0.367 e. The largest absolute Gasteiger partial charge is 0.490 e. The molecule has 17 nitrogen and oxygen atoms in total. The number of alkyl halides is 1. The first-order chi connectivity index (χ1) is 32.1. The van der Waals surface area contributed by atoms with Crippen LogP contribution in [0.3, 0.4) is 0 Å². The van der Waals surface area contributed by atoms with E-state index >= 15 is 0 Å². The van der Waals surface area contributed by atoms with Crippen molar-refractivity contribution in [3.05, 3.63) is 103 Å². The summed E-state index contributed by atoms with van der Waals surface area (Å²) < 4.78 is 28.4. The molecule has 2 saturated carbocycles. The number of carbonyl (C=O) groups excluding carboxylic acids is 3. The van der Waals surface area contributed by atoms with Crippen molar-refractivity contribution in [1.82, 2.24) is 9.97 Å². The summed E-state index contributed by atoms with van der Waals surface area (Å²) >= 11 is 26.1. The fourth-order valence-corrected chi connectivity index (χ4v) is 6.83. The van der Waals surface area contributed by atoms with Crippen molar-refractivity contribution >= 4 is 104 Å². The standard InChI is InChI=1S/C22H23Cl2N3O5.C13H15ClN2O3.C9H10ClNO3.CH3I/c1-11(2)30-21-19(24)8-14(10-26-21)22(29)32-27-20(25)17-5-4-15(9-18(17)23)31-16-6-13(7-16)12(3)28;1-7(17)8-4-10(5-8)19-9-2-3-11(12(14)6-9)13(15)16-18;1-5(2)14-8-7(10)3-6(4-11-8)9(12)13;1-2/h4-5,8-11,13,16H,6-7H2,1-3H3,(H2,25,27);2-3,6,8,10,18H,4-5H2,1H3,(H2,15,16);3-5H,1-2H3,(H,12,13);1H3/i;;;1D. The second-order valence-corrected chi connectivity index (χ2v) is 17.0. The summed E-state index contributed by atoms with van der Waals surface area (Å²) in [6.07, 6.45) is 5.24. The third kappa shape index (κ3) is 17.5. The molecule has 67 heavy (non-hydrogen) atoms. The number of benzene rings is 2. The van der Waals surface area contributed by atoms with Gasteiger partial charge in [-0.1, -0.05) is 79.3 Å². The van der Waals surface area contributed by atoms with Gasteiger partial charge in [-0.05, 0) is 121 Å². The monoisotopic (exact) mass is 1120 g/mol. The van der Waals surface area contributed by atoms with Gasteiger partial charge in [0.2, 0.25) is 11.8 Å². The van der Waals surface area contributed by atoms with Gasteiger partial charge in [-0.25, -0.2) is 19.6 Å². The molecule has 0 saturated heterocycles. The smallest absolute Gasteiger partial charge is 0.367 e. The van der Waals surface area contributed by atoms with Crippen molar-refractivity contribution in [2.45, 2.75) is 91.6 Å². The van der Waals surface area contributed by atoms with Gasteiger partial charge >= 0.3 is 11.9 Å². The molecule has 0 atom stereocenters. The number of oxime groups is 2. The van der Waals surface area contributed by atoms with E-state index in [2.05, 4.69) is 20.3 Å². The predicted molar refractivity (Wildman–Crippen MR) is 264 cm³/mol. The van der Waals surface area contributed by atoms with E-state index in [0.717, 1.165) is 12.8 Å². The van der Waals surface area contributed by atoms with Crippen LogP contribution in [0.1, 0.15) is 100 Å². The molecule has 2 aromatic heterocycles. The molecule has 2 aliphatic carbocycles. The number of carboxylic acid groups (broad SMARTS) is 1. The molecule has 0 aliphatic heterocycles. The number of rotatable bonds is 15. The molecule has 2 aromatic carbocycles. The number of hydrogen-bond acceptors (Lipinski definition) is 14. The minimum atomic E-state index is -1.06. The second-order valence-electron chi connectivity index (χ2n) is 15.3. The van der Waals surface area contributed by atoms with E-state index in [9.17, 15) is 19.2 Å². The Morgan fingerprint density at radius 1 is 0.716 bits per heavy atom. The number of nitrogens with two attached hydrogens (primary N) is 2. The zero-order chi connectivity index (χ0) is 50.8. The van der Waals surface area contributed by atoms with Crippen molar-refractivity contribution in [2.24, 2.45) is 33.6 Å². The normalized spacial score (nSPS) is 17.5. The maximum absolute atomic E-state index is 12.2. The van der Waals surface area contributed by atoms with E-state index in [-0.39, 0.29) is 97.4 Å². The zero-order valence-electron chi connectivity index (χ0n) is 38.2. The first-order valence-corrected chi connectivity index (χ1v) is 23.3. The Bertz CT molecular complexity index is 2460. The van der Waals surface area contributed by atoms with Crippen LogP contribution in [0.5, 0.6) is 23.3 Å². The number of aromatic nitrogens is 2. The Morgan fingerprint density at radius 3 is 1.48 bits per heavy atom. The van der Waals surface area contributed by atoms with Gasteiger partial charge in [0, 0.05) is 36.7 Å². The highest BCUT2D eigenvalue weighted by Crippen LogP contribution is 2.35. The summed E-state index contributed by atoms with van der Waals surface area (Å²) in [7, 11) is 0. The lowest BCUT2D eigenvalue weighted by atomic mass is 9.80. The number of amidine groups is 2. The van der Waals surface area contributed by atoms with Crippen molar-refractivity contribution < 1.29 is 54.6 Å². The number of carboxylic acids is 1. The highest BCUT2D eigenvalue weighted by Gasteiger charge is 2.35. The predicted octanol–water partition coefficient (Wildman–Crippen LogP) is 9.85. The van der Waals surface area contributed by atoms with Crippen LogP contribution in [0.2, 0.25) is 20.1 Å². The highest BCUT2D eigenvalue weighted by atomic mass is 127. The molecule has 2 aliphatic rings. The summed E-state index contributed by atoms with van der Waals surface area (Å²) in [5.41, 5.74) is 12.3. The van der Waals surface area contributed by atoms with E-state index in [1.165, 1.54) is 24.5 Å². The summed E-state index contributed by atoms with van der Waals surface area (Å²) in [4.78, 5) is 58.4. The Kier molecular flexibility index (Phi) is 21.9. The SMILES string of the molecule is CC(=O)C1CC(Oc2ccc(/C(N)=N/O)c(Cl)c2)C1.CC(=O)C1CC(Oc2ccc(/C(N)=N/OC(=O)c3cnc(OC(C)C)c(Cl)c3)c(Cl)c2)C1.CC(C)Oc1ncc(C(=O)O)cc1Cl.[2H]CI. The van der Waals surface area contributed by atoms with Crippen molar-refractivity contribution in [3.8, 4) is 23.3 Å². The molecule has 4 aromatic rings. The minimum absolute atomic E-state index is 0.0180. The second kappa shape index (κ2) is 27.0. The Morgan fingerprint density at radius 2 is 1.12 bits per heavy atom. The van der Waals surface area contributed by atoms with Crippen LogP contribution in [0.4, 0.5) is 0 Å². The van der Waals surface area contributed by atoms with Gasteiger partial charge in [0.15, 0.2) is 11.7 Å². The molecular weight excluding hydrogens is 1070 g/mol. The van der Waals surface area contributed by atoms with Crippen molar-refractivity contribution in [1.29, 1.82) is 0 Å². The van der Waals surface area contributed by atoms with Gasteiger partial charge in [-0.2, -0.15) is 0 Å². The molecule has 6 rings (SSSR count). The molecule has 6 N–H and O–H groups in total. The van der Waals surface area contributed by atoms with Crippen LogP contribution in [0, 0.1) is 11.8 Å². The quantitative estimate of drug-likeness (QED) is 0.0164. The number of pyridine rings is 2. The van der Waals surface area contributed by atoms with E-state index in [4.69, 9.17) is 93.3 Å². The average Bonchev–Trinajstić information content (AvgIpc) is 3.23. The third-order valence-corrected chi connectivity index (χ3v) is 10.7. The summed E-state index contributed by atoms with van der Waals surface area (Å²) in [6.45, 7) is 10.5. The molecule has 0 unspecified atom stereocenters. The Hall–Kier alpha value is -5.15. The van der Waals surface area contributed by atoms with E-state index in [1.807, 2.05) is 50.3 Å². The molecule has 0 bridgehead atoms. The van der Waals surface area contributed by atoms with Crippen LogP contribution < -0.4 is 30.4 Å². The van der Waals surface area contributed by atoms with Crippen LogP contribution >= 0.6 is 69.0 Å². The van der Waals surface area contributed by atoms with Crippen molar-refractivity contribution in [3.63, 3.8) is 0 Å². The van der Waals surface area contributed by atoms with Crippen LogP contribution in [-0.2, 0) is 14.4 Å². The molecule has 0 amide bonds. The van der Waals surface area contributed by atoms with Gasteiger partial charge in [-0.15, -0.1) is 0 Å².